The van der Waals surface area contributed by atoms with Crippen molar-refractivity contribution in [1.82, 2.24) is 4.90 Å². The largest absolute Gasteiger partial charge is 0.493 e. The highest BCUT2D eigenvalue weighted by Crippen LogP contribution is 2.28. The van der Waals surface area contributed by atoms with Gasteiger partial charge in [-0.1, -0.05) is 30.3 Å². The summed E-state index contributed by atoms with van der Waals surface area (Å²) in [4.78, 5) is 26.4. The summed E-state index contributed by atoms with van der Waals surface area (Å²) in [5, 5.41) is 0. The van der Waals surface area contributed by atoms with Gasteiger partial charge in [-0.2, -0.15) is 0 Å². The molecule has 27 heavy (non-hydrogen) atoms. The Hall–Kier alpha value is -3.02. The quantitative estimate of drug-likeness (QED) is 0.666. The van der Waals surface area contributed by atoms with E-state index in [1.807, 2.05) is 37.3 Å². The maximum Gasteiger partial charge on any atom is 0.339 e. The third kappa shape index (κ3) is 5.48. The molecular weight excluding hydrogens is 346 g/mol. The first kappa shape index (κ1) is 20.3. The normalized spacial score (nSPS) is 11.4. The van der Waals surface area contributed by atoms with Gasteiger partial charge in [0.05, 0.1) is 19.3 Å². The summed E-state index contributed by atoms with van der Waals surface area (Å²) in [6.07, 6.45) is -0.899. The summed E-state index contributed by atoms with van der Waals surface area (Å²) in [6.45, 7) is 4.29. The molecule has 0 aromatic heterocycles. The van der Waals surface area contributed by atoms with Crippen molar-refractivity contribution in [1.29, 1.82) is 0 Å². The van der Waals surface area contributed by atoms with Crippen LogP contribution in [0.1, 0.15) is 29.8 Å². The number of hydrogen-bond acceptors (Lipinski definition) is 5. The van der Waals surface area contributed by atoms with Crippen LogP contribution in [0.15, 0.2) is 48.5 Å². The Morgan fingerprint density at radius 3 is 2.41 bits per heavy atom. The molecule has 0 aliphatic rings. The van der Waals surface area contributed by atoms with Gasteiger partial charge in [0.25, 0.3) is 5.91 Å². The van der Waals surface area contributed by atoms with Gasteiger partial charge in [0, 0.05) is 13.6 Å². The highest BCUT2D eigenvalue weighted by Gasteiger charge is 2.23. The summed E-state index contributed by atoms with van der Waals surface area (Å²) >= 11 is 0. The Kier molecular flexibility index (Phi) is 7.23. The van der Waals surface area contributed by atoms with Crippen molar-refractivity contribution in [3.05, 3.63) is 59.7 Å². The number of esters is 1. The fraction of sp³-hybridized carbons (Fsp3) is 0.333. The lowest BCUT2D eigenvalue weighted by atomic mass is 10.2. The van der Waals surface area contributed by atoms with Crippen molar-refractivity contribution < 1.29 is 23.8 Å². The first-order valence-corrected chi connectivity index (χ1v) is 8.77. The molecule has 0 fully saturated rings. The summed E-state index contributed by atoms with van der Waals surface area (Å²) in [6, 6.07) is 14.4. The molecule has 0 saturated heterocycles. The van der Waals surface area contributed by atoms with Gasteiger partial charge in [-0.3, -0.25) is 4.79 Å². The average molecular weight is 371 g/mol. The molecule has 0 heterocycles. The monoisotopic (exact) mass is 371 g/mol. The predicted octanol–water partition coefficient (Wildman–Crippen LogP) is 3.30. The molecular formula is C21H25NO5. The van der Waals surface area contributed by atoms with E-state index in [0.29, 0.717) is 30.2 Å². The van der Waals surface area contributed by atoms with Crippen molar-refractivity contribution in [2.75, 3.05) is 20.8 Å². The minimum atomic E-state index is -0.899. The van der Waals surface area contributed by atoms with E-state index in [9.17, 15) is 9.59 Å². The lowest BCUT2D eigenvalue weighted by Gasteiger charge is -2.21. The Morgan fingerprint density at radius 1 is 1.07 bits per heavy atom. The van der Waals surface area contributed by atoms with E-state index in [-0.39, 0.29) is 5.91 Å². The molecule has 1 atom stereocenters. The van der Waals surface area contributed by atoms with E-state index in [1.54, 1.807) is 32.2 Å². The van der Waals surface area contributed by atoms with Crippen molar-refractivity contribution in [2.24, 2.45) is 0 Å². The van der Waals surface area contributed by atoms with Crippen LogP contribution in [-0.2, 0) is 16.1 Å². The fourth-order valence-electron chi connectivity index (χ4n) is 2.60. The fourth-order valence-corrected chi connectivity index (χ4v) is 2.60. The van der Waals surface area contributed by atoms with Gasteiger partial charge in [-0.05, 0) is 37.6 Å². The van der Waals surface area contributed by atoms with Crippen molar-refractivity contribution >= 4 is 11.9 Å². The van der Waals surface area contributed by atoms with Gasteiger partial charge >= 0.3 is 5.97 Å². The number of benzene rings is 2. The van der Waals surface area contributed by atoms with Gasteiger partial charge in [0.15, 0.2) is 17.6 Å². The van der Waals surface area contributed by atoms with E-state index in [4.69, 9.17) is 14.2 Å². The van der Waals surface area contributed by atoms with Crippen LogP contribution in [0, 0.1) is 0 Å². The lowest BCUT2D eigenvalue weighted by Crippen LogP contribution is -2.37. The highest BCUT2D eigenvalue weighted by molar-refractivity contribution is 5.92. The van der Waals surface area contributed by atoms with Gasteiger partial charge < -0.3 is 19.1 Å². The number of rotatable bonds is 8. The summed E-state index contributed by atoms with van der Waals surface area (Å²) in [5.74, 6) is 0.119. The van der Waals surface area contributed by atoms with Crippen LogP contribution in [0.5, 0.6) is 11.5 Å². The molecule has 2 aromatic carbocycles. The van der Waals surface area contributed by atoms with E-state index >= 15 is 0 Å². The Labute approximate surface area is 159 Å². The number of nitrogens with zero attached hydrogens (tertiary/aromatic N) is 1. The van der Waals surface area contributed by atoms with Crippen LogP contribution in [0.3, 0.4) is 0 Å². The molecule has 0 saturated carbocycles. The van der Waals surface area contributed by atoms with E-state index in [1.165, 1.54) is 12.0 Å². The molecule has 0 aliphatic carbocycles. The third-order valence-corrected chi connectivity index (χ3v) is 3.97. The van der Waals surface area contributed by atoms with Crippen LogP contribution >= 0.6 is 0 Å². The van der Waals surface area contributed by atoms with Crippen LogP contribution in [-0.4, -0.2) is 43.6 Å². The Balaban J connectivity index is 2.01. The first-order chi connectivity index (χ1) is 13.0. The maximum absolute atomic E-state index is 12.5. The molecule has 0 unspecified atom stereocenters. The van der Waals surface area contributed by atoms with Crippen molar-refractivity contribution in [3.8, 4) is 11.5 Å². The first-order valence-electron chi connectivity index (χ1n) is 8.77. The number of hydrogen-bond donors (Lipinski definition) is 0. The molecule has 2 rings (SSSR count). The second-order valence-corrected chi connectivity index (χ2v) is 6.03. The molecule has 144 valence electrons. The molecule has 0 spiro atoms. The predicted molar refractivity (Wildman–Crippen MR) is 102 cm³/mol. The van der Waals surface area contributed by atoms with Crippen molar-refractivity contribution in [2.45, 2.75) is 26.5 Å². The summed E-state index contributed by atoms with van der Waals surface area (Å²) < 4.78 is 16.0. The van der Waals surface area contributed by atoms with Crippen LogP contribution in [0.4, 0.5) is 0 Å². The molecule has 2 aromatic rings. The third-order valence-electron chi connectivity index (χ3n) is 3.97. The second-order valence-electron chi connectivity index (χ2n) is 6.03. The number of amides is 1. The van der Waals surface area contributed by atoms with Gasteiger partial charge in [0.2, 0.25) is 0 Å². The zero-order valence-corrected chi connectivity index (χ0v) is 16.1. The number of carbonyl (C=O) groups is 2. The SMILES string of the molecule is CCOc1cc(C(=O)O[C@H](C)C(=O)N(C)Cc2ccccc2)ccc1OC. The smallest absolute Gasteiger partial charge is 0.339 e. The number of methoxy groups -OCH3 is 1. The number of ether oxygens (including phenoxy) is 3. The van der Waals surface area contributed by atoms with Crippen molar-refractivity contribution in [3.63, 3.8) is 0 Å². The average Bonchev–Trinajstić information content (AvgIpc) is 2.68. The number of likely N-dealkylation sites (N-methyl/N-ethyl adjacent to an activating group) is 1. The maximum atomic E-state index is 12.5. The molecule has 1 amide bonds. The molecule has 0 bridgehead atoms. The van der Waals surface area contributed by atoms with Crippen LogP contribution in [0.25, 0.3) is 0 Å². The summed E-state index contributed by atoms with van der Waals surface area (Å²) in [7, 11) is 3.21. The molecule has 0 N–H and O–H groups in total. The van der Waals surface area contributed by atoms with E-state index < -0.39 is 12.1 Å². The zero-order chi connectivity index (χ0) is 19.8. The topological polar surface area (TPSA) is 65.1 Å². The molecule has 6 nitrogen and oxygen atoms in total. The van der Waals surface area contributed by atoms with E-state index in [2.05, 4.69) is 0 Å². The molecule has 6 heteroatoms. The Morgan fingerprint density at radius 2 is 1.78 bits per heavy atom. The minimum Gasteiger partial charge on any atom is -0.493 e. The molecule has 0 radical (unpaired) electrons. The number of carbonyl (C=O) groups excluding carboxylic acids is 2. The van der Waals surface area contributed by atoms with Crippen LogP contribution in [0.2, 0.25) is 0 Å². The highest BCUT2D eigenvalue weighted by atomic mass is 16.5. The van der Waals surface area contributed by atoms with Gasteiger partial charge in [-0.15, -0.1) is 0 Å². The standard InChI is InChI=1S/C21H25NO5/c1-5-26-19-13-17(11-12-18(19)25-4)21(24)27-15(2)20(23)22(3)14-16-9-7-6-8-10-16/h6-13,15H,5,14H2,1-4H3/t15-/m1/s1. The second kappa shape index (κ2) is 9.62. The Bertz CT molecular complexity index is 775. The molecule has 0 aliphatic heterocycles. The van der Waals surface area contributed by atoms with Gasteiger partial charge in [0.1, 0.15) is 0 Å². The zero-order valence-electron chi connectivity index (χ0n) is 16.1. The lowest BCUT2D eigenvalue weighted by molar-refractivity contribution is -0.139. The summed E-state index contributed by atoms with van der Waals surface area (Å²) in [5.41, 5.74) is 1.30. The minimum absolute atomic E-state index is 0.272. The van der Waals surface area contributed by atoms with Crippen LogP contribution < -0.4 is 9.47 Å². The van der Waals surface area contributed by atoms with Gasteiger partial charge in [-0.25, -0.2) is 4.79 Å². The van der Waals surface area contributed by atoms with E-state index in [0.717, 1.165) is 5.56 Å².